The normalized spacial score (nSPS) is 12.2. The molecule has 0 N–H and O–H groups in total. The number of carbonyl (C=O) groups excluding carboxylic acids is 1. The van der Waals surface area contributed by atoms with Crippen LogP contribution in [0.1, 0.15) is 5.56 Å². The van der Waals surface area contributed by atoms with Crippen LogP contribution in [0.25, 0.3) is 11.1 Å². The molecule has 0 amide bonds. The fourth-order valence-electron chi connectivity index (χ4n) is 2.84. The number of esters is 1. The number of methoxy groups -OCH3 is 1. The van der Waals surface area contributed by atoms with Crippen LogP contribution in [0.2, 0.25) is 0 Å². The first kappa shape index (κ1) is 20.6. The minimum absolute atomic E-state index is 0. The fourth-order valence-corrected chi connectivity index (χ4v) is 2.84. The summed E-state index contributed by atoms with van der Waals surface area (Å²) in [4.78, 5) is 12.1. The van der Waals surface area contributed by atoms with Crippen LogP contribution in [-0.4, -0.2) is 45.2 Å². The molecule has 1 atom stereocenters. The molecule has 0 fully saturated rings. The molecule has 2 rings (SSSR count). The highest BCUT2D eigenvalue weighted by atomic mass is 127. The van der Waals surface area contributed by atoms with E-state index in [4.69, 9.17) is 4.74 Å². The van der Waals surface area contributed by atoms with Crippen molar-refractivity contribution in [3.05, 3.63) is 60.2 Å². The third-order valence-corrected chi connectivity index (χ3v) is 3.82. The van der Waals surface area contributed by atoms with E-state index in [0.717, 1.165) is 16.6 Å². The van der Waals surface area contributed by atoms with Gasteiger partial charge in [-0.25, -0.2) is 0 Å². The molecule has 2 aromatic rings. The monoisotopic (exact) mass is 439 g/mol. The Morgan fingerprint density at radius 2 is 1.62 bits per heavy atom. The molecule has 3 nitrogen and oxygen atoms in total. The van der Waals surface area contributed by atoms with Gasteiger partial charge in [0.1, 0.15) is 5.92 Å². The number of nitrogens with zero attached hydrogens (tertiary/aromatic N) is 1. The van der Waals surface area contributed by atoms with Crippen LogP contribution in [0.5, 0.6) is 0 Å². The minimum Gasteiger partial charge on any atom is -1.00 e. The van der Waals surface area contributed by atoms with Crippen molar-refractivity contribution in [2.45, 2.75) is 6.42 Å². The molecule has 0 spiro atoms. The summed E-state index contributed by atoms with van der Waals surface area (Å²) < 4.78 is 5.73. The Hall–Kier alpha value is -1.40. The van der Waals surface area contributed by atoms with Crippen molar-refractivity contribution in [3.8, 4) is 11.1 Å². The first-order valence-electron chi connectivity index (χ1n) is 7.92. The van der Waals surface area contributed by atoms with E-state index < -0.39 is 0 Å². The molecule has 0 aliphatic rings. The lowest BCUT2D eigenvalue weighted by Gasteiger charge is -2.28. The first-order chi connectivity index (χ1) is 10.9. The third kappa shape index (κ3) is 6.24. The topological polar surface area (TPSA) is 26.3 Å². The van der Waals surface area contributed by atoms with Gasteiger partial charge in [-0.3, -0.25) is 4.79 Å². The summed E-state index contributed by atoms with van der Waals surface area (Å²) in [6.45, 7) is 0.752. The van der Waals surface area contributed by atoms with Crippen LogP contribution in [0.3, 0.4) is 0 Å². The number of quaternary nitrogens is 1. The predicted molar refractivity (Wildman–Crippen MR) is 94.0 cm³/mol. The number of halogens is 1. The Morgan fingerprint density at radius 1 is 1.00 bits per heavy atom. The second-order valence-electron chi connectivity index (χ2n) is 6.96. The number of rotatable bonds is 6. The van der Waals surface area contributed by atoms with Crippen LogP contribution >= 0.6 is 0 Å². The van der Waals surface area contributed by atoms with E-state index >= 15 is 0 Å². The summed E-state index contributed by atoms with van der Waals surface area (Å²) in [6, 6.07) is 18.7. The second-order valence-corrected chi connectivity index (χ2v) is 6.96. The maximum absolute atomic E-state index is 12.1. The number of ether oxygens (including phenoxy) is 1. The largest absolute Gasteiger partial charge is 1.00 e. The van der Waals surface area contributed by atoms with Gasteiger partial charge in [0.15, 0.2) is 0 Å². The van der Waals surface area contributed by atoms with Gasteiger partial charge in [-0.05, 0) is 23.1 Å². The van der Waals surface area contributed by atoms with E-state index in [1.165, 1.54) is 18.2 Å². The zero-order valence-corrected chi connectivity index (χ0v) is 17.0. The average Bonchev–Trinajstić information content (AvgIpc) is 2.53. The maximum Gasteiger partial charge on any atom is 0.314 e. The fraction of sp³-hybridized carbons (Fsp3) is 0.350. The van der Waals surface area contributed by atoms with Crippen LogP contribution in [-0.2, 0) is 16.0 Å². The van der Waals surface area contributed by atoms with Gasteiger partial charge in [0.05, 0.1) is 34.8 Å². The zero-order valence-electron chi connectivity index (χ0n) is 14.8. The Labute approximate surface area is 162 Å². The Balaban J connectivity index is 0.00000288. The van der Waals surface area contributed by atoms with E-state index in [0.29, 0.717) is 6.42 Å². The Kier molecular flexibility index (Phi) is 7.90. The number of benzene rings is 2. The average molecular weight is 439 g/mol. The van der Waals surface area contributed by atoms with Crippen molar-refractivity contribution in [2.24, 2.45) is 5.92 Å². The molecule has 0 saturated carbocycles. The summed E-state index contributed by atoms with van der Waals surface area (Å²) in [5.41, 5.74) is 3.53. The second kappa shape index (κ2) is 9.18. The van der Waals surface area contributed by atoms with E-state index in [2.05, 4.69) is 57.5 Å². The minimum atomic E-state index is -0.136. The van der Waals surface area contributed by atoms with E-state index in [1.807, 2.05) is 18.2 Å². The smallest absolute Gasteiger partial charge is 0.314 e. The van der Waals surface area contributed by atoms with Gasteiger partial charge < -0.3 is 33.2 Å². The van der Waals surface area contributed by atoms with Crippen molar-refractivity contribution in [1.82, 2.24) is 0 Å². The van der Waals surface area contributed by atoms with E-state index in [-0.39, 0.29) is 35.9 Å². The molecular formula is C20H26INO2. The summed E-state index contributed by atoms with van der Waals surface area (Å²) in [7, 11) is 7.74. The first-order valence-corrected chi connectivity index (χ1v) is 7.92. The molecule has 4 heteroatoms. The quantitative estimate of drug-likeness (QED) is 0.370. The molecule has 130 valence electrons. The number of hydrogen-bond acceptors (Lipinski definition) is 2. The van der Waals surface area contributed by atoms with E-state index in [9.17, 15) is 4.79 Å². The zero-order chi connectivity index (χ0) is 16.9. The van der Waals surface area contributed by atoms with Crippen molar-refractivity contribution in [3.63, 3.8) is 0 Å². The van der Waals surface area contributed by atoms with Gasteiger partial charge in [0.25, 0.3) is 0 Å². The molecule has 24 heavy (non-hydrogen) atoms. The van der Waals surface area contributed by atoms with Crippen molar-refractivity contribution >= 4 is 5.97 Å². The van der Waals surface area contributed by atoms with Crippen molar-refractivity contribution in [2.75, 3.05) is 34.8 Å². The van der Waals surface area contributed by atoms with Gasteiger partial charge in [0.2, 0.25) is 0 Å². The van der Waals surface area contributed by atoms with Gasteiger partial charge in [-0.2, -0.15) is 0 Å². The Morgan fingerprint density at radius 3 is 2.21 bits per heavy atom. The van der Waals surface area contributed by atoms with Gasteiger partial charge in [-0.1, -0.05) is 54.6 Å². The highest BCUT2D eigenvalue weighted by Gasteiger charge is 2.26. The molecule has 0 aliphatic heterocycles. The van der Waals surface area contributed by atoms with Gasteiger partial charge >= 0.3 is 5.97 Å². The highest BCUT2D eigenvalue weighted by molar-refractivity contribution is 5.73. The Bertz CT molecular complexity index is 650. The van der Waals surface area contributed by atoms with Gasteiger partial charge in [0, 0.05) is 0 Å². The van der Waals surface area contributed by atoms with Crippen LogP contribution in [0.15, 0.2) is 54.6 Å². The van der Waals surface area contributed by atoms with Gasteiger partial charge in [-0.15, -0.1) is 0 Å². The van der Waals surface area contributed by atoms with Crippen LogP contribution in [0, 0.1) is 5.92 Å². The summed E-state index contributed by atoms with van der Waals surface area (Å²) in [6.07, 6.45) is 0.697. The van der Waals surface area contributed by atoms with Crippen LogP contribution in [0.4, 0.5) is 0 Å². The lowest BCUT2D eigenvalue weighted by atomic mass is 9.95. The highest BCUT2D eigenvalue weighted by Crippen LogP contribution is 2.22. The lowest BCUT2D eigenvalue weighted by Crippen LogP contribution is -3.00. The molecule has 0 radical (unpaired) electrons. The molecule has 0 heterocycles. The molecule has 0 bridgehead atoms. The third-order valence-electron chi connectivity index (χ3n) is 3.82. The molecule has 2 aromatic carbocycles. The van der Waals surface area contributed by atoms with Crippen molar-refractivity contribution in [1.29, 1.82) is 0 Å². The molecule has 0 aromatic heterocycles. The maximum atomic E-state index is 12.1. The van der Waals surface area contributed by atoms with E-state index in [1.54, 1.807) is 0 Å². The van der Waals surface area contributed by atoms with Crippen LogP contribution < -0.4 is 24.0 Å². The molecule has 0 aliphatic carbocycles. The summed E-state index contributed by atoms with van der Waals surface area (Å²) in [5.74, 6) is -0.269. The summed E-state index contributed by atoms with van der Waals surface area (Å²) >= 11 is 0. The SMILES string of the molecule is COC(=O)C(Cc1cccc(-c2ccccc2)c1)C[N+](C)(C)C.[I-]. The molecule has 0 saturated heterocycles. The number of hydrogen-bond donors (Lipinski definition) is 0. The predicted octanol–water partition coefficient (Wildman–Crippen LogP) is 0.396. The van der Waals surface area contributed by atoms with Crippen molar-refractivity contribution < 1.29 is 38.0 Å². The number of carbonyl (C=O) groups is 1. The molecular weight excluding hydrogens is 413 g/mol. The summed E-state index contributed by atoms with van der Waals surface area (Å²) in [5, 5.41) is 0. The lowest BCUT2D eigenvalue weighted by molar-refractivity contribution is -0.872. The molecule has 1 unspecified atom stereocenters. The standard InChI is InChI=1S/C20H26NO2.HI/c1-21(2,3)15-19(20(22)23-4)14-16-9-8-12-18(13-16)17-10-6-5-7-11-17;/h5-13,19H,14-15H2,1-4H3;1H/q+1;/p-1.